The fourth-order valence-corrected chi connectivity index (χ4v) is 3.68. The SMILES string of the molecule is CN=C(NCc1ccc(F)cc1)NCC1(NC(C)c2ccccc2)CCOCC1. The van der Waals surface area contributed by atoms with E-state index in [1.165, 1.54) is 17.7 Å². The summed E-state index contributed by atoms with van der Waals surface area (Å²) in [7, 11) is 1.76. The second-order valence-electron chi connectivity index (χ2n) is 7.58. The van der Waals surface area contributed by atoms with Crippen LogP contribution in [0, 0.1) is 5.82 Å². The van der Waals surface area contributed by atoms with Crippen molar-refractivity contribution < 1.29 is 9.13 Å². The lowest BCUT2D eigenvalue weighted by atomic mass is 9.88. The Balaban J connectivity index is 1.59. The molecule has 0 radical (unpaired) electrons. The quantitative estimate of drug-likeness (QED) is 0.494. The van der Waals surface area contributed by atoms with Crippen molar-refractivity contribution in [3.8, 4) is 0 Å². The summed E-state index contributed by atoms with van der Waals surface area (Å²) >= 11 is 0. The Labute approximate surface area is 172 Å². The zero-order chi connectivity index (χ0) is 20.5. The zero-order valence-electron chi connectivity index (χ0n) is 17.2. The first-order chi connectivity index (χ1) is 14.1. The van der Waals surface area contributed by atoms with Crippen LogP contribution in [0.15, 0.2) is 59.6 Å². The molecule has 0 saturated carbocycles. The average Bonchev–Trinajstić information content (AvgIpc) is 2.76. The van der Waals surface area contributed by atoms with Crippen molar-refractivity contribution in [1.29, 1.82) is 0 Å². The molecule has 1 unspecified atom stereocenters. The largest absolute Gasteiger partial charge is 0.381 e. The van der Waals surface area contributed by atoms with Gasteiger partial charge in [-0.3, -0.25) is 4.99 Å². The average molecular weight is 399 g/mol. The van der Waals surface area contributed by atoms with Gasteiger partial charge in [0.05, 0.1) is 0 Å². The van der Waals surface area contributed by atoms with Gasteiger partial charge in [0, 0.05) is 44.9 Å². The number of guanidine groups is 1. The van der Waals surface area contributed by atoms with Crippen molar-refractivity contribution in [3.63, 3.8) is 0 Å². The lowest BCUT2D eigenvalue weighted by Crippen LogP contribution is -2.58. The lowest BCUT2D eigenvalue weighted by Gasteiger charge is -2.41. The van der Waals surface area contributed by atoms with Gasteiger partial charge in [0.1, 0.15) is 5.82 Å². The molecule has 0 amide bonds. The Morgan fingerprint density at radius 2 is 1.76 bits per heavy atom. The maximum absolute atomic E-state index is 13.1. The Bertz CT molecular complexity index is 773. The van der Waals surface area contributed by atoms with E-state index in [0.29, 0.717) is 6.54 Å². The van der Waals surface area contributed by atoms with E-state index >= 15 is 0 Å². The van der Waals surface area contributed by atoms with Crippen LogP contribution < -0.4 is 16.0 Å². The van der Waals surface area contributed by atoms with Gasteiger partial charge in [-0.2, -0.15) is 0 Å². The molecule has 29 heavy (non-hydrogen) atoms. The minimum Gasteiger partial charge on any atom is -0.381 e. The Hall–Kier alpha value is -2.44. The third-order valence-corrected chi connectivity index (χ3v) is 5.46. The van der Waals surface area contributed by atoms with E-state index in [1.807, 2.05) is 6.07 Å². The Kier molecular flexibility index (Phi) is 7.61. The molecule has 1 aliphatic rings. The van der Waals surface area contributed by atoms with Crippen LogP contribution in [0.3, 0.4) is 0 Å². The molecule has 0 aromatic heterocycles. The molecule has 1 saturated heterocycles. The number of rotatable bonds is 7. The molecule has 2 aromatic carbocycles. The first kappa shape index (κ1) is 21.3. The predicted octanol–water partition coefficient (Wildman–Crippen LogP) is 3.39. The van der Waals surface area contributed by atoms with E-state index < -0.39 is 0 Å². The van der Waals surface area contributed by atoms with Crippen molar-refractivity contribution >= 4 is 5.96 Å². The number of aliphatic imine (C=N–C) groups is 1. The fraction of sp³-hybridized carbons (Fsp3) is 0.435. The molecule has 2 aromatic rings. The van der Waals surface area contributed by atoms with Gasteiger partial charge in [-0.25, -0.2) is 4.39 Å². The molecule has 5 nitrogen and oxygen atoms in total. The van der Waals surface area contributed by atoms with Crippen LogP contribution >= 0.6 is 0 Å². The second kappa shape index (κ2) is 10.4. The molecule has 1 heterocycles. The molecule has 1 atom stereocenters. The van der Waals surface area contributed by atoms with Crippen LogP contribution in [0.5, 0.6) is 0 Å². The summed E-state index contributed by atoms with van der Waals surface area (Å²) in [4.78, 5) is 4.33. The molecular weight excluding hydrogens is 367 g/mol. The topological polar surface area (TPSA) is 57.7 Å². The van der Waals surface area contributed by atoms with E-state index in [1.54, 1.807) is 19.2 Å². The molecule has 3 N–H and O–H groups in total. The Morgan fingerprint density at radius 3 is 2.41 bits per heavy atom. The molecule has 3 rings (SSSR count). The molecule has 156 valence electrons. The van der Waals surface area contributed by atoms with Crippen LogP contribution in [-0.2, 0) is 11.3 Å². The first-order valence-corrected chi connectivity index (χ1v) is 10.2. The third-order valence-electron chi connectivity index (χ3n) is 5.46. The summed E-state index contributed by atoms with van der Waals surface area (Å²) in [5, 5.41) is 10.6. The number of ether oxygens (including phenoxy) is 1. The van der Waals surface area contributed by atoms with E-state index in [4.69, 9.17) is 4.74 Å². The molecule has 0 aliphatic carbocycles. The maximum atomic E-state index is 13.1. The van der Waals surface area contributed by atoms with Gasteiger partial charge in [-0.1, -0.05) is 42.5 Å². The van der Waals surface area contributed by atoms with Gasteiger partial charge in [0.2, 0.25) is 0 Å². The van der Waals surface area contributed by atoms with Gasteiger partial charge in [-0.05, 0) is 43.0 Å². The highest BCUT2D eigenvalue weighted by Crippen LogP contribution is 2.25. The van der Waals surface area contributed by atoms with Crippen molar-refractivity contribution in [1.82, 2.24) is 16.0 Å². The van der Waals surface area contributed by atoms with E-state index in [0.717, 1.165) is 44.1 Å². The van der Waals surface area contributed by atoms with Crippen LogP contribution in [0.4, 0.5) is 4.39 Å². The lowest BCUT2D eigenvalue weighted by molar-refractivity contribution is 0.0355. The third kappa shape index (κ3) is 6.27. The maximum Gasteiger partial charge on any atom is 0.191 e. The van der Waals surface area contributed by atoms with E-state index in [-0.39, 0.29) is 17.4 Å². The first-order valence-electron chi connectivity index (χ1n) is 10.2. The molecule has 0 bridgehead atoms. The van der Waals surface area contributed by atoms with Crippen molar-refractivity contribution in [2.75, 3.05) is 26.8 Å². The highest BCUT2D eigenvalue weighted by atomic mass is 19.1. The fourth-order valence-electron chi connectivity index (χ4n) is 3.68. The molecule has 6 heteroatoms. The summed E-state index contributed by atoms with van der Waals surface area (Å²) in [5.41, 5.74) is 2.21. The second-order valence-corrected chi connectivity index (χ2v) is 7.58. The van der Waals surface area contributed by atoms with Gasteiger partial charge >= 0.3 is 0 Å². The zero-order valence-corrected chi connectivity index (χ0v) is 17.2. The van der Waals surface area contributed by atoms with Crippen LogP contribution in [0.2, 0.25) is 0 Å². The number of hydrogen-bond acceptors (Lipinski definition) is 3. The standard InChI is InChI=1S/C23H31FN4O/c1-18(20-6-4-3-5-7-20)28-23(12-14-29-15-13-23)17-27-22(25-2)26-16-19-8-10-21(24)11-9-19/h3-11,18,28H,12-17H2,1-2H3,(H2,25,26,27). The number of nitrogens with zero attached hydrogens (tertiary/aromatic N) is 1. The summed E-state index contributed by atoms with van der Waals surface area (Å²) in [6, 6.07) is 17.2. The van der Waals surface area contributed by atoms with Crippen molar-refractivity contribution in [2.45, 2.75) is 37.9 Å². The molecular formula is C23H31FN4O. The van der Waals surface area contributed by atoms with Crippen LogP contribution in [0.25, 0.3) is 0 Å². The van der Waals surface area contributed by atoms with Crippen LogP contribution in [0.1, 0.15) is 36.9 Å². The summed E-state index contributed by atoms with van der Waals surface area (Å²) in [6.45, 7) is 5.03. The predicted molar refractivity (Wildman–Crippen MR) is 115 cm³/mol. The molecule has 1 aliphatic heterocycles. The number of nitrogens with one attached hydrogen (secondary N) is 3. The highest BCUT2D eigenvalue weighted by molar-refractivity contribution is 5.79. The number of halogens is 1. The summed E-state index contributed by atoms with van der Waals surface area (Å²) in [5.74, 6) is 0.505. The highest BCUT2D eigenvalue weighted by Gasteiger charge is 2.34. The van der Waals surface area contributed by atoms with Crippen molar-refractivity contribution in [3.05, 3.63) is 71.5 Å². The van der Waals surface area contributed by atoms with Gasteiger partial charge in [-0.15, -0.1) is 0 Å². The smallest absolute Gasteiger partial charge is 0.191 e. The number of hydrogen-bond donors (Lipinski definition) is 3. The molecule has 0 spiro atoms. The van der Waals surface area contributed by atoms with Crippen molar-refractivity contribution in [2.24, 2.45) is 4.99 Å². The van der Waals surface area contributed by atoms with Gasteiger partial charge < -0.3 is 20.7 Å². The number of benzene rings is 2. The monoisotopic (exact) mass is 398 g/mol. The van der Waals surface area contributed by atoms with E-state index in [2.05, 4.69) is 52.1 Å². The Morgan fingerprint density at radius 1 is 1.07 bits per heavy atom. The summed E-state index contributed by atoms with van der Waals surface area (Å²) in [6.07, 6.45) is 1.87. The summed E-state index contributed by atoms with van der Waals surface area (Å²) < 4.78 is 18.7. The molecule has 1 fully saturated rings. The van der Waals surface area contributed by atoms with Gasteiger partial charge in [0.25, 0.3) is 0 Å². The minimum absolute atomic E-state index is 0.0684. The normalized spacial score (nSPS) is 17.6. The van der Waals surface area contributed by atoms with Gasteiger partial charge in [0.15, 0.2) is 5.96 Å². The van der Waals surface area contributed by atoms with E-state index in [9.17, 15) is 4.39 Å². The van der Waals surface area contributed by atoms with Crippen LogP contribution in [-0.4, -0.2) is 38.3 Å². The minimum atomic E-state index is -0.226.